The summed E-state index contributed by atoms with van der Waals surface area (Å²) in [6, 6.07) is 18.6. The first-order valence-electron chi connectivity index (χ1n) is 12.5. The fourth-order valence-electron chi connectivity index (χ4n) is 4.88. The molecule has 3 amide bonds. The quantitative estimate of drug-likeness (QED) is 0.165. The van der Waals surface area contributed by atoms with Gasteiger partial charge in [0, 0.05) is 27.9 Å². The number of benzene rings is 3. The van der Waals surface area contributed by atoms with Crippen LogP contribution in [0.4, 0.5) is 0 Å². The molecule has 194 valence electrons. The van der Waals surface area contributed by atoms with Crippen LogP contribution in [0.5, 0.6) is 0 Å². The minimum Gasteiger partial charge on any atom is -0.384 e. The van der Waals surface area contributed by atoms with Gasteiger partial charge in [-0.2, -0.15) is 0 Å². The zero-order valence-corrected chi connectivity index (χ0v) is 21.8. The van der Waals surface area contributed by atoms with E-state index in [-0.39, 0.29) is 36.1 Å². The maximum atomic E-state index is 13.0. The Balaban J connectivity index is 1.20. The van der Waals surface area contributed by atoms with Gasteiger partial charge in [-0.3, -0.25) is 19.8 Å². The Morgan fingerprint density at radius 3 is 2.45 bits per heavy atom. The summed E-state index contributed by atoms with van der Waals surface area (Å²) < 4.78 is 0. The molecule has 0 spiro atoms. The van der Waals surface area contributed by atoms with Crippen molar-refractivity contribution >= 4 is 56.4 Å². The molecule has 3 aromatic carbocycles. The predicted molar refractivity (Wildman–Crippen MR) is 150 cm³/mol. The number of thiophene rings is 1. The summed E-state index contributed by atoms with van der Waals surface area (Å²) in [6.07, 6.45) is 1.29. The standard InChI is InChI=1S/C29H29N5O3S/c1-17(25-14-23(16-38-25)27(30)31)33-29(37)24-7-4-10-34(24)26(35)15-32-28(36)21-9-8-20-11-18-5-2-3-6-19(18)12-22(20)13-21/h2-3,5-6,8-9,11-14,16-17,24H,4,7,10,15H2,1H3,(H3,30,31)(H,32,36)(H,33,37)/t17-,24+/m1/s1. The van der Waals surface area contributed by atoms with Crippen molar-refractivity contribution in [2.45, 2.75) is 31.8 Å². The first-order valence-corrected chi connectivity index (χ1v) is 13.4. The van der Waals surface area contributed by atoms with Crippen LogP contribution in [-0.4, -0.2) is 47.6 Å². The largest absolute Gasteiger partial charge is 0.384 e. The van der Waals surface area contributed by atoms with Gasteiger partial charge >= 0.3 is 0 Å². The number of carbonyl (C=O) groups excluding carboxylic acids is 3. The number of nitrogens with zero attached hydrogens (tertiary/aromatic N) is 1. The van der Waals surface area contributed by atoms with Crippen molar-refractivity contribution in [3.05, 3.63) is 82.0 Å². The fourth-order valence-corrected chi connectivity index (χ4v) is 5.80. The van der Waals surface area contributed by atoms with E-state index in [4.69, 9.17) is 11.1 Å². The molecule has 2 heterocycles. The van der Waals surface area contributed by atoms with Gasteiger partial charge in [0.2, 0.25) is 11.8 Å². The first kappa shape index (κ1) is 25.4. The lowest BCUT2D eigenvalue weighted by Crippen LogP contribution is -2.49. The second-order valence-electron chi connectivity index (χ2n) is 9.57. The number of nitrogen functional groups attached to an aromatic ring is 1. The van der Waals surface area contributed by atoms with Crippen molar-refractivity contribution in [1.82, 2.24) is 15.5 Å². The summed E-state index contributed by atoms with van der Waals surface area (Å²) in [4.78, 5) is 41.3. The second-order valence-corrected chi connectivity index (χ2v) is 10.5. The number of nitrogens with one attached hydrogen (secondary N) is 3. The van der Waals surface area contributed by atoms with Crippen molar-refractivity contribution < 1.29 is 14.4 Å². The van der Waals surface area contributed by atoms with E-state index >= 15 is 0 Å². The first-order chi connectivity index (χ1) is 18.3. The highest BCUT2D eigenvalue weighted by Gasteiger charge is 2.34. The Bertz CT molecular complexity index is 1560. The highest BCUT2D eigenvalue weighted by Crippen LogP contribution is 2.25. The molecule has 0 unspecified atom stereocenters. The minimum absolute atomic E-state index is 0.0159. The van der Waals surface area contributed by atoms with E-state index in [1.54, 1.807) is 22.4 Å². The van der Waals surface area contributed by atoms with Crippen LogP contribution in [-0.2, 0) is 9.59 Å². The highest BCUT2D eigenvalue weighted by atomic mass is 32.1. The van der Waals surface area contributed by atoms with E-state index < -0.39 is 6.04 Å². The number of amidine groups is 1. The maximum absolute atomic E-state index is 13.0. The molecule has 1 aromatic heterocycles. The molecule has 38 heavy (non-hydrogen) atoms. The number of carbonyl (C=O) groups is 3. The van der Waals surface area contributed by atoms with Gasteiger partial charge in [0.15, 0.2) is 0 Å². The number of hydrogen-bond acceptors (Lipinski definition) is 5. The smallest absolute Gasteiger partial charge is 0.251 e. The highest BCUT2D eigenvalue weighted by molar-refractivity contribution is 7.10. The Labute approximate surface area is 224 Å². The molecule has 5 rings (SSSR count). The van der Waals surface area contributed by atoms with Crippen molar-refractivity contribution in [1.29, 1.82) is 5.41 Å². The van der Waals surface area contributed by atoms with Crippen LogP contribution in [0, 0.1) is 5.41 Å². The average molecular weight is 528 g/mol. The lowest BCUT2D eigenvalue weighted by atomic mass is 10.0. The molecule has 1 saturated heterocycles. The molecule has 1 fully saturated rings. The molecule has 2 atom stereocenters. The molecule has 1 aliphatic rings. The maximum Gasteiger partial charge on any atom is 0.251 e. The number of fused-ring (bicyclic) bond motifs is 2. The number of amides is 3. The van der Waals surface area contributed by atoms with E-state index in [0.717, 1.165) is 32.8 Å². The van der Waals surface area contributed by atoms with Crippen LogP contribution in [0.2, 0.25) is 0 Å². The van der Waals surface area contributed by atoms with Crippen LogP contribution in [0.15, 0.2) is 66.0 Å². The van der Waals surface area contributed by atoms with E-state index in [0.29, 0.717) is 24.1 Å². The molecule has 9 heteroatoms. The fraction of sp³-hybridized carbons (Fsp3) is 0.241. The van der Waals surface area contributed by atoms with Crippen LogP contribution >= 0.6 is 11.3 Å². The number of hydrogen-bond donors (Lipinski definition) is 4. The normalized spacial score (nSPS) is 15.9. The zero-order valence-electron chi connectivity index (χ0n) is 21.0. The Morgan fingerprint density at radius 1 is 1.03 bits per heavy atom. The monoisotopic (exact) mass is 527 g/mol. The third kappa shape index (κ3) is 5.24. The van der Waals surface area contributed by atoms with Crippen molar-refractivity contribution in [2.75, 3.05) is 13.1 Å². The van der Waals surface area contributed by atoms with Crippen molar-refractivity contribution in [2.24, 2.45) is 5.73 Å². The van der Waals surface area contributed by atoms with Crippen LogP contribution in [0.3, 0.4) is 0 Å². The van der Waals surface area contributed by atoms with Gasteiger partial charge in [0.05, 0.1) is 12.6 Å². The van der Waals surface area contributed by atoms with E-state index in [1.165, 1.54) is 11.3 Å². The van der Waals surface area contributed by atoms with Gasteiger partial charge in [0.1, 0.15) is 11.9 Å². The van der Waals surface area contributed by atoms with Gasteiger partial charge in [-0.1, -0.05) is 30.3 Å². The molecule has 1 aliphatic heterocycles. The van der Waals surface area contributed by atoms with Crippen LogP contribution in [0.1, 0.15) is 46.6 Å². The van der Waals surface area contributed by atoms with E-state index in [9.17, 15) is 14.4 Å². The van der Waals surface area contributed by atoms with Gasteiger partial charge in [-0.05, 0) is 71.6 Å². The molecule has 5 N–H and O–H groups in total. The lowest BCUT2D eigenvalue weighted by molar-refractivity contribution is -0.137. The summed E-state index contributed by atoms with van der Waals surface area (Å²) in [6.45, 7) is 2.15. The molecular weight excluding hydrogens is 498 g/mol. The third-order valence-corrected chi connectivity index (χ3v) is 8.07. The third-order valence-electron chi connectivity index (χ3n) is 6.96. The summed E-state index contributed by atoms with van der Waals surface area (Å²) in [5.41, 5.74) is 6.64. The molecule has 0 aliphatic carbocycles. The molecule has 0 saturated carbocycles. The Morgan fingerprint density at radius 2 is 1.74 bits per heavy atom. The average Bonchev–Trinajstić information content (AvgIpc) is 3.61. The topological polar surface area (TPSA) is 128 Å². The number of likely N-dealkylation sites (tertiary alicyclic amines) is 1. The summed E-state index contributed by atoms with van der Waals surface area (Å²) in [5.74, 6) is -0.862. The van der Waals surface area contributed by atoms with Gasteiger partial charge < -0.3 is 21.3 Å². The number of nitrogens with two attached hydrogens (primary N) is 1. The molecule has 4 aromatic rings. The van der Waals surface area contributed by atoms with E-state index in [1.807, 2.05) is 37.3 Å². The van der Waals surface area contributed by atoms with Gasteiger partial charge in [0.25, 0.3) is 5.91 Å². The second kappa shape index (κ2) is 10.6. The summed E-state index contributed by atoms with van der Waals surface area (Å²) in [5, 5.41) is 19.3. The molecular formula is C29H29N5O3S. The van der Waals surface area contributed by atoms with Gasteiger partial charge in [-0.25, -0.2) is 0 Å². The van der Waals surface area contributed by atoms with Crippen molar-refractivity contribution in [3.8, 4) is 0 Å². The minimum atomic E-state index is -0.581. The molecule has 0 bridgehead atoms. The number of rotatable bonds is 7. The Kier molecular flexibility index (Phi) is 7.11. The molecule has 0 radical (unpaired) electrons. The Hall–Kier alpha value is -4.24. The van der Waals surface area contributed by atoms with Crippen LogP contribution in [0.25, 0.3) is 21.5 Å². The van der Waals surface area contributed by atoms with E-state index in [2.05, 4.69) is 28.8 Å². The summed E-state index contributed by atoms with van der Waals surface area (Å²) in [7, 11) is 0. The lowest BCUT2D eigenvalue weighted by Gasteiger charge is -2.25. The van der Waals surface area contributed by atoms with Crippen molar-refractivity contribution in [3.63, 3.8) is 0 Å². The molecule has 8 nitrogen and oxygen atoms in total. The van der Waals surface area contributed by atoms with Crippen LogP contribution < -0.4 is 16.4 Å². The summed E-state index contributed by atoms with van der Waals surface area (Å²) >= 11 is 1.42. The van der Waals surface area contributed by atoms with Gasteiger partial charge in [-0.15, -0.1) is 11.3 Å². The predicted octanol–water partition coefficient (Wildman–Crippen LogP) is 3.94. The SMILES string of the molecule is C[C@@H](NC(=O)[C@@H]1CCCN1C(=O)CNC(=O)c1ccc2cc3ccccc3cc2c1)c1cc(C(=N)N)cs1. The zero-order chi connectivity index (χ0) is 26.8.